The molecule has 2 saturated heterocycles. The highest BCUT2D eigenvalue weighted by Gasteiger charge is 2.45. The van der Waals surface area contributed by atoms with Crippen LogP contribution in [0.2, 0.25) is 0 Å². The molecule has 3 heterocycles. The highest BCUT2D eigenvalue weighted by molar-refractivity contribution is 6.01. The summed E-state index contributed by atoms with van der Waals surface area (Å²) >= 11 is 0. The van der Waals surface area contributed by atoms with Gasteiger partial charge in [-0.3, -0.25) is 24.6 Å². The second kappa shape index (κ2) is 9.51. The summed E-state index contributed by atoms with van der Waals surface area (Å²) in [6.45, 7) is -0.222. The Morgan fingerprint density at radius 3 is 2.79 bits per heavy atom. The molecule has 2 fully saturated rings. The van der Waals surface area contributed by atoms with Gasteiger partial charge in [-0.25, -0.2) is 4.98 Å². The third-order valence-corrected chi connectivity index (χ3v) is 4.77. The van der Waals surface area contributed by atoms with Crippen LogP contribution in [0.15, 0.2) is 18.3 Å². The van der Waals surface area contributed by atoms with Crippen LogP contribution in [0.5, 0.6) is 0 Å². The van der Waals surface area contributed by atoms with E-state index in [1.54, 1.807) is 6.07 Å². The number of nitrogens with zero attached hydrogens (tertiary/aromatic N) is 2. The van der Waals surface area contributed by atoms with Crippen LogP contribution in [0.4, 0.5) is 19.0 Å². The molecule has 29 heavy (non-hydrogen) atoms. The van der Waals surface area contributed by atoms with Gasteiger partial charge in [0, 0.05) is 32.3 Å². The lowest BCUT2D eigenvalue weighted by atomic mass is 9.91. The molecule has 0 saturated carbocycles. The van der Waals surface area contributed by atoms with Crippen molar-refractivity contribution in [3.63, 3.8) is 0 Å². The van der Waals surface area contributed by atoms with E-state index in [2.05, 4.69) is 20.9 Å². The Balaban J connectivity index is 0.00000300. The van der Waals surface area contributed by atoms with Gasteiger partial charge >= 0.3 is 6.18 Å². The van der Waals surface area contributed by atoms with Gasteiger partial charge in [0.15, 0.2) is 0 Å². The number of pyridine rings is 1. The molecule has 3 rings (SSSR count). The molecular weight excluding hydrogens is 415 g/mol. The first-order chi connectivity index (χ1) is 13.2. The minimum atomic E-state index is -4.43. The monoisotopic (exact) mass is 435 g/mol. The number of halogens is 4. The number of aromatic nitrogens is 1. The van der Waals surface area contributed by atoms with Crippen molar-refractivity contribution >= 4 is 35.9 Å². The van der Waals surface area contributed by atoms with Crippen molar-refractivity contribution in [2.24, 2.45) is 0 Å². The van der Waals surface area contributed by atoms with Crippen LogP contribution in [-0.2, 0) is 14.4 Å². The Morgan fingerprint density at radius 1 is 1.34 bits per heavy atom. The normalized spacial score (nSPS) is 23.1. The largest absolute Gasteiger partial charge is 0.405 e. The number of alkyl halides is 3. The van der Waals surface area contributed by atoms with E-state index in [0.29, 0.717) is 18.5 Å². The number of hydrogen-bond donors (Lipinski definition) is 3. The molecule has 2 unspecified atom stereocenters. The van der Waals surface area contributed by atoms with Gasteiger partial charge in [0.2, 0.25) is 17.7 Å². The summed E-state index contributed by atoms with van der Waals surface area (Å²) in [5, 5.41) is 7.42. The predicted octanol–water partition coefficient (Wildman–Crippen LogP) is 0.798. The fraction of sp³-hybridized carbons (Fsp3) is 0.529. The molecule has 3 N–H and O–H groups in total. The molecule has 2 aliphatic heterocycles. The van der Waals surface area contributed by atoms with Crippen LogP contribution in [-0.4, -0.2) is 66.0 Å². The Hall–Kier alpha value is -2.24. The summed E-state index contributed by atoms with van der Waals surface area (Å²) in [6, 6.07) is 1.37. The number of amides is 3. The third-order valence-electron chi connectivity index (χ3n) is 4.77. The number of anilines is 1. The zero-order chi connectivity index (χ0) is 20.3. The first-order valence-corrected chi connectivity index (χ1v) is 8.85. The highest BCUT2D eigenvalue weighted by atomic mass is 35.5. The van der Waals surface area contributed by atoms with E-state index in [1.807, 2.05) is 0 Å². The van der Waals surface area contributed by atoms with E-state index in [-0.39, 0.29) is 43.6 Å². The van der Waals surface area contributed by atoms with Gasteiger partial charge in [0.05, 0.1) is 12.5 Å². The lowest BCUT2D eigenvalue weighted by Gasteiger charge is -2.36. The maximum atomic E-state index is 13.1. The van der Waals surface area contributed by atoms with Gasteiger partial charge in [-0.2, -0.15) is 13.2 Å². The molecule has 0 aliphatic carbocycles. The van der Waals surface area contributed by atoms with Crippen LogP contribution in [0, 0.1) is 0 Å². The maximum Gasteiger partial charge on any atom is 0.405 e. The summed E-state index contributed by atoms with van der Waals surface area (Å²) in [4.78, 5) is 40.5. The molecule has 0 radical (unpaired) electrons. The fourth-order valence-corrected chi connectivity index (χ4v) is 3.37. The Kier molecular flexibility index (Phi) is 7.55. The molecule has 2 aliphatic rings. The summed E-state index contributed by atoms with van der Waals surface area (Å²) in [5.41, 5.74) is 0.575. The molecule has 1 aromatic rings. The van der Waals surface area contributed by atoms with Gasteiger partial charge in [-0.15, -0.1) is 12.4 Å². The van der Waals surface area contributed by atoms with Gasteiger partial charge in [0.25, 0.3) is 0 Å². The van der Waals surface area contributed by atoms with Crippen molar-refractivity contribution in [3.8, 4) is 0 Å². The van der Waals surface area contributed by atoms with E-state index < -0.39 is 36.5 Å². The number of carbonyl (C=O) groups is 3. The maximum absolute atomic E-state index is 13.1. The molecule has 2 atom stereocenters. The first kappa shape index (κ1) is 23.0. The number of piperidine rings is 1. The molecule has 12 heteroatoms. The minimum Gasteiger partial charge on any atom is -0.314 e. The molecule has 1 aromatic heterocycles. The van der Waals surface area contributed by atoms with Crippen LogP contribution >= 0.6 is 12.4 Å². The first-order valence-electron chi connectivity index (χ1n) is 8.85. The number of imide groups is 1. The Morgan fingerprint density at radius 2 is 2.10 bits per heavy atom. The van der Waals surface area contributed by atoms with Crippen LogP contribution in [0.1, 0.15) is 24.3 Å². The van der Waals surface area contributed by atoms with E-state index in [4.69, 9.17) is 0 Å². The van der Waals surface area contributed by atoms with E-state index in [9.17, 15) is 27.6 Å². The standard InChI is InChI=1S/C17H20F3N5O3.ClH/c18-17(19,20)12-8-21-5-6-25(12)9-15(27)23-13-7-10(3-4-22-13)11-1-2-14(26)24-16(11)28;/h3-4,7,11-12,21H,1-2,5-6,8-9H2,(H,22,23,27)(H,24,26,28);1H. The smallest absolute Gasteiger partial charge is 0.314 e. The SMILES string of the molecule is Cl.O=C1CCC(c2ccnc(NC(=O)CN3CCNCC3C(F)(F)F)c2)C(=O)N1. The lowest BCUT2D eigenvalue weighted by molar-refractivity contribution is -0.187. The van der Waals surface area contributed by atoms with Gasteiger partial charge < -0.3 is 10.6 Å². The third kappa shape index (κ3) is 5.87. The summed E-state index contributed by atoms with van der Waals surface area (Å²) in [5.74, 6) is -1.78. The van der Waals surface area contributed by atoms with Crippen LogP contribution < -0.4 is 16.0 Å². The van der Waals surface area contributed by atoms with Gasteiger partial charge in [-0.1, -0.05) is 0 Å². The van der Waals surface area contributed by atoms with E-state index >= 15 is 0 Å². The Bertz CT molecular complexity index is 777. The number of hydrogen-bond acceptors (Lipinski definition) is 6. The topological polar surface area (TPSA) is 103 Å². The molecule has 0 bridgehead atoms. The van der Waals surface area contributed by atoms with Crippen LogP contribution in [0.25, 0.3) is 0 Å². The van der Waals surface area contributed by atoms with E-state index in [0.717, 1.165) is 4.90 Å². The number of piperazine rings is 1. The van der Waals surface area contributed by atoms with Crippen molar-refractivity contribution in [2.75, 3.05) is 31.5 Å². The predicted molar refractivity (Wildman–Crippen MR) is 99.5 cm³/mol. The molecule has 0 aromatic carbocycles. The van der Waals surface area contributed by atoms with Gasteiger partial charge in [-0.05, 0) is 24.1 Å². The number of nitrogens with one attached hydrogen (secondary N) is 3. The average molecular weight is 436 g/mol. The molecule has 0 spiro atoms. The van der Waals surface area contributed by atoms with Crippen molar-refractivity contribution in [3.05, 3.63) is 23.9 Å². The summed E-state index contributed by atoms with van der Waals surface area (Å²) in [7, 11) is 0. The molecular formula is C17H21ClF3N5O3. The quantitative estimate of drug-likeness (QED) is 0.604. The molecule has 160 valence electrons. The van der Waals surface area contributed by atoms with E-state index in [1.165, 1.54) is 12.3 Å². The van der Waals surface area contributed by atoms with Crippen molar-refractivity contribution < 1.29 is 27.6 Å². The zero-order valence-electron chi connectivity index (χ0n) is 15.3. The van der Waals surface area contributed by atoms with Crippen molar-refractivity contribution in [1.82, 2.24) is 20.5 Å². The summed E-state index contributed by atoms with van der Waals surface area (Å²) < 4.78 is 39.3. The number of carbonyl (C=O) groups excluding carboxylic acids is 3. The molecule has 8 nitrogen and oxygen atoms in total. The summed E-state index contributed by atoms with van der Waals surface area (Å²) in [6.07, 6.45) is -2.48. The van der Waals surface area contributed by atoms with Crippen LogP contribution in [0.3, 0.4) is 0 Å². The van der Waals surface area contributed by atoms with Gasteiger partial charge in [0.1, 0.15) is 11.9 Å². The average Bonchev–Trinajstić information content (AvgIpc) is 2.61. The minimum absolute atomic E-state index is 0. The zero-order valence-corrected chi connectivity index (χ0v) is 16.1. The lowest BCUT2D eigenvalue weighted by Crippen LogP contribution is -2.59. The van der Waals surface area contributed by atoms with Crippen molar-refractivity contribution in [1.29, 1.82) is 0 Å². The second-order valence-corrected chi connectivity index (χ2v) is 6.76. The highest BCUT2D eigenvalue weighted by Crippen LogP contribution is 2.27. The fourth-order valence-electron chi connectivity index (χ4n) is 3.37. The number of rotatable bonds is 4. The second-order valence-electron chi connectivity index (χ2n) is 6.76. The Labute approximate surface area is 171 Å². The molecule has 3 amide bonds. The van der Waals surface area contributed by atoms with Crippen molar-refractivity contribution in [2.45, 2.75) is 31.0 Å².